The van der Waals surface area contributed by atoms with Crippen LogP contribution in [-0.4, -0.2) is 0 Å². The first-order chi connectivity index (χ1) is 22.7. The fraction of sp³-hybridized carbons (Fsp3) is 0.149. The Morgan fingerprint density at radius 3 is 1.83 bits per heavy atom. The Bertz CT molecular complexity index is 2510. The van der Waals surface area contributed by atoms with E-state index in [2.05, 4.69) is 174 Å². The van der Waals surface area contributed by atoms with Gasteiger partial charge >= 0.3 is 0 Å². The van der Waals surface area contributed by atoms with E-state index in [-0.39, 0.29) is 10.8 Å². The highest BCUT2D eigenvalue weighted by Crippen LogP contribution is 2.57. The van der Waals surface area contributed by atoms with Gasteiger partial charge in [0.25, 0.3) is 0 Å². The van der Waals surface area contributed by atoms with Crippen molar-refractivity contribution in [1.29, 1.82) is 0 Å². The van der Waals surface area contributed by atoms with Crippen LogP contribution in [0.4, 0.5) is 0 Å². The summed E-state index contributed by atoms with van der Waals surface area (Å²) in [5.74, 6) is 6.94. The monoisotopic (exact) mass is 600 g/mol. The second kappa shape index (κ2) is 9.81. The van der Waals surface area contributed by atoms with E-state index in [1.165, 1.54) is 82.7 Å². The number of fused-ring (bicyclic) bond motifs is 9. The van der Waals surface area contributed by atoms with Crippen molar-refractivity contribution in [2.75, 3.05) is 0 Å². The van der Waals surface area contributed by atoms with Gasteiger partial charge in [-0.25, -0.2) is 0 Å². The fourth-order valence-electron chi connectivity index (χ4n) is 8.39. The molecule has 2 aliphatic rings. The maximum atomic E-state index is 3.49. The van der Waals surface area contributed by atoms with Crippen molar-refractivity contribution in [3.8, 4) is 45.2 Å². The van der Waals surface area contributed by atoms with E-state index in [0.717, 1.165) is 11.1 Å². The first-order valence-corrected chi connectivity index (χ1v) is 16.7. The van der Waals surface area contributed by atoms with Crippen molar-refractivity contribution in [2.45, 2.75) is 45.4 Å². The van der Waals surface area contributed by atoms with Crippen LogP contribution >= 0.6 is 0 Å². The molecule has 0 heteroatoms. The van der Waals surface area contributed by atoms with Gasteiger partial charge in [0, 0.05) is 22.0 Å². The molecule has 0 spiro atoms. The molecule has 9 rings (SSSR count). The summed E-state index contributed by atoms with van der Waals surface area (Å²) in [6.45, 7) is 11.7. The van der Waals surface area contributed by atoms with E-state index in [1.54, 1.807) is 0 Å². The Morgan fingerprint density at radius 1 is 0.426 bits per heavy atom. The normalized spacial score (nSPS) is 14.7. The van der Waals surface area contributed by atoms with Gasteiger partial charge in [-0.3, -0.25) is 0 Å². The predicted octanol–water partition coefficient (Wildman–Crippen LogP) is 12.0. The zero-order valence-corrected chi connectivity index (χ0v) is 27.6. The number of hydrogen-bond acceptors (Lipinski definition) is 0. The molecule has 0 N–H and O–H groups in total. The average molecular weight is 601 g/mol. The largest absolute Gasteiger partial charge is 0.0617 e. The van der Waals surface area contributed by atoms with Crippen molar-refractivity contribution in [3.05, 3.63) is 166 Å². The molecule has 0 saturated carbocycles. The number of hydrogen-bond donors (Lipinski definition) is 0. The van der Waals surface area contributed by atoms with E-state index in [1.807, 2.05) is 0 Å². The maximum absolute atomic E-state index is 3.49. The Balaban J connectivity index is 1.07. The Labute approximate surface area is 277 Å². The standard InChI is InChI=1S/C47H36/c1-29-14-23-35(37-13-9-8-11-34(29)37)33-20-17-30(18-21-33)15-16-31-19-24-38-39-27-44-40(28-43(39)47(4,5)42(38)26-31)45-36-12-7-6-10-32(36)22-25-41(45)46(44,2)3/h6-14,17-28H,1-5H3. The predicted molar refractivity (Wildman–Crippen MR) is 199 cm³/mol. The van der Waals surface area contributed by atoms with Gasteiger partial charge < -0.3 is 0 Å². The number of rotatable bonds is 1. The number of benzene rings is 7. The first kappa shape index (κ1) is 27.9. The summed E-state index contributed by atoms with van der Waals surface area (Å²) >= 11 is 0. The van der Waals surface area contributed by atoms with Crippen LogP contribution in [0.1, 0.15) is 66.6 Å². The highest BCUT2D eigenvalue weighted by molar-refractivity contribution is 6.04. The fourth-order valence-corrected chi connectivity index (χ4v) is 8.39. The second-order valence-electron chi connectivity index (χ2n) is 14.5. The highest BCUT2D eigenvalue weighted by atomic mass is 14.4. The van der Waals surface area contributed by atoms with Crippen LogP contribution in [0.3, 0.4) is 0 Å². The van der Waals surface area contributed by atoms with Gasteiger partial charge in [0.2, 0.25) is 0 Å². The van der Waals surface area contributed by atoms with Crippen molar-refractivity contribution < 1.29 is 0 Å². The van der Waals surface area contributed by atoms with Crippen molar-refractivity contribution >= 4 is 21.5 Å². The molecule has 7 aromatic rings. The van der Waals surface area contributed by atoms with Crippen LogP contribution < -0.4 is 0 Å². The minimum absolute atomic E-state index is 0.0514. The van der Waals surface area contributed by atoms with Gasteiger partial charge in [0.05, 0.1) is 0 Å². The van der Waals surface area contributed by atoms with Crippen molar-refractivity contribution in [3.63, 3.8) is 0 Å². The molecule has 0 saturated heterocycles. The molecule has 0 radical (unpaired) electrons. The molecule has 47 heavy (non-hydrogen) atoms. The summed E-state index contributed by atoms with van der Waals surface area (Å²) < 4.78 is 0. The summed E-state index contributed by atoms with van der Waals surface area (Å²) in [5.41, 5.74) is 16.8. The Kier molecular flexibility index (Phi) is 5.82. The quantitative estimate of drug-likeness (QED) is 0.164. The molecule has 0 bridgehead atoms. The van der Waals surface area contributed by atoms with Gasteiger partial charge in [0.1, 0.15) is 0 Å². The molecule has 7 aromatic carbocycles. The summed E-state index contributed by atoms with van der Waals surface area (Å²) in [6.07, 6.45) is 0. The zero-order chi connectivity index (χ0) is 32.1. The van der Waals surface area contributed by atoms with Gasteiger partial charge in [-0.2, -0.15) is 0 Å². The van der Waals surface area contributed by atoms with E-state index in [0.29, 0.717) is 0 Å². The Hall–Kier alpha value is -5.38. The molecule has 0 atom stereocenters. The average Bonchev–Trinajstić information content (AvgIpc) is 3.46. The molecule has 0 nitrogen and oxygen atoms in total. The molecule has 0 unspecified atom stereocenters. The van der Waals surface area contributed by atoms with Crippen LogP contribution in [0.15, 0.2) is 127 Å². The van der Waals surface area contributed by atoms with E-state index in [9.17, 15) is 0 Å². The van der Waals surface area contributed by atoms with Crippen LogP contribution in [-0.2, 0) is 10.8 Å². The highest BCUT2D eigenvalue weighted by Gasteiger charge is 2.42. The van der Waals surface area contributed by atoms with Gasteiger partial charge in [-0.05, 0) is 126 Å². The second-order valence-corrected chi connectivity index (χ2v) is 14.5. The molecule has 0 heterocycles. The van der Waals surface area contributed by atoms with Crippen LogP contribution in [0, 0.1) is 18.8 Å². The first-order valence-electron chi connectivity index (χ1n) is 16.7. The topological polar surface area (TPSA) is 0 Å². The minimum atomic E-state index is -0.118. The van der Waals surface area contributed by atoms with Crippen LogP contribution in [0.5, 0.6) is 0 Å². The minimum Gasteiger partial charge on any atom is -0.0617 e. The molecular weight excluding hydrogens is 565 g/mol. The molecule has 0 aliphatic heterocycles. The van der Waals surface area contributed by atoms with Crippen molar-refractivity contribution in [2.24, 2.45) is 0 Å². The van der Waals surface area contributed by atoms with Crippen molar-refractivity contribution in [1.82, 2.24) is 0 Å². The summed E-state index contributed by atoms with van der Waals surface area (Å²) in [4.78, 5) is 0. The van der Waals surface area contributed by atoms with E-state index in [4.69, 9.17) is 0 Å². The summed E-state index contributed by atoms with van der Waals surface area (Å²) in [7, 11) is 0. The lowest BCUT2D eigenvalue weighted by Gasteiger charge is -2.24. The smallest absolute Gasteiger partial charge is 0.0252 e. The summed E-state index contributed by atoms with van der Waals surface area (Å²) in [6, 6.07) is 47.1. The lowest BCUT2D eigenvalue weighted by molar-refractivity contribution is 0.652. The van der Waals surface area contributed by atoms with Gasteiger partial charge in [-0.15, -0.1) is 0 Å². The Morgan fingerprint density at radius 2 is 1.02 bits per heavy atom. The third kappa shape index (κ3) is 4.03. The van der Waals surface area contributed by atoms with Crippen LogP contribution in [0.2, 0.25) is 0 Å². The van der Waals surface area contributed by atoms with Crippen LogP contribution in [0.25, 0.3) is 54.9 Å². The lowest BCUT2D eigenvalue weighted by atomic mass is 9.79. The third-order valence-corrected chi connectivity index (χ3v) is 11.0. The summed E-state index contributed by atoms with van der Waals surface area (Å²) in [5, 5.41) is 5.25. The van der Waals surface area contributed by atoms with E-state index < -0.39 is 0 Å². The lowest BCUT2D eigenvalue weighted by Crippen LogP contribution is -2.17. The molecule has 224 valence electrons. The molecule has 0 aromatic heterocycles. The number of aryl methyl sites for hydroxylation is 1. The molecule has 0 fully saturated rings. The third-order valence-electron chi connectivity index (χ3n) is 11.0. The zero-order valence-electron chi connectivity index (χ0n) is 27.6. The maximum Gasteiger partial charge on any atom is 0.0252 e. The molecule has 0 amide bonds. The molecular formula is C47H36. The van der Waals surface area contributed by atoms with Gasteiger partial charge in [0.15, 0.2) is 0 Å². The van der Waals surface area contributed by atoms with E-state index >= 15 is 0 Å². The van der Waals surface area contributed by atoms with Gasteiger partial charge in [-0.1, -0.05) is 131 Å². The molecule has 2 aliphatic carbocycles. The SMILES string of the molecule is Cc1ccc(-c2ccc(C#Cc3ccc4c(c3)C(C)(C)c3cc5c(cc3-4)C(C)(C)c3ccc4ccccc4c3-5)cc2)c2ccccc12.